The van der Waals surface area contributed by atoms with Crippen molar-refractivity contribution in [2.45, 2.75) is 12.7 Å². The van der Waals surface area contributed by atoms with E-state index in [9.17, 15) is 26.3 Å². The van der Waals surface area contributed by atoms with Gasteiger partial charge in [-0.3, -0.25) is 4.98 Å². The van der Waals surface area contributed by atoms with Crippen LogP contribution in [0.25, 0.3) is 22.4 Å². The van der Waals surface area contributed by atoms with Gasteiger partial charge in [0, 0.05) is 23.0 Å². The minimum atomic E-state index is -4.84. The molecule has 0 saturated heterocycles. The zero-order chi connectivity index (χ0) is 21.2. The van der Waals surface area contributed by atoms with Gasteiger partial charge in [0.15, 0.2) is 0 Å². The monoisotopic (exact) mass is 414 g/mol. The number of hydrogen-bond donors (Lipinski definition) is 1. The number of nitrogens with two attached hydrogens (primary N) is 1. The summed E-state index contributed by atoms with van der Waals surface area (Å²) in [6.07, 6.45) is -8.36. The number of hydrogen-bond acceptors (Lipinski definition) is 4. The van der Waals surface area contributed by atoms with Gasteiger partial charge in [0.1, 0.15) is 11.5 Å². The molecule has 0 amide bonds. The molecular weight excluding hydrogens is 402 g/mol. The first-order valence-corrected chi connectivity index (χ1v) is 7.98. The van der Waals surface area contributed by atoms with Crippen molar-refractivity contribution in [3.05, 3.63) is 60.8 Å². The summed E-state index contributed by atoms with van der Waals surface area (Å²) in [5.41, 5.74) is 7.41. The van der Waals surface area contributed by atoms with Gasteiger partial charge in [0.05, 0.1) is 5.69 Å². The number of nitrogen functional groups attached to an aromatic ring is 1. The second-order valence-electron chi connectivity index (χ2n) is 5.81. The lowest BCUT2D eigenvalue weighted by molar-refractivity contribution is -0.275. The van der Waals surface area contributed by atoms with Crippen LogP contribution >= 0.6 is 0 Å². The Balaban J connectivity index is 1.90. The van der Waals surface area contributed by atoms with Crippen LogP contribution in [0.2, 0.25) is 0 Å². The molecule has 10 heteroatoms. The molecule has 0 radical (unpaired) electrons. The van der Waals surface area contributed by atoms with E-state index < -0.39 is 24.2 Å². The average molecular weight is 414 g/mol. The van der Waals surface area contributed by atoms with Crippen LogP contribution in [0.15, 0.2) is 60.8 Å². The lowest BCUT2D eigenvalue weighted by Crippen LogP contribution is -2.17. The van der Waals surface area contributed by atoms with E-state index in [0.717, 1.165) is 24.3 Å². The van der Waals surface area contributed by atoms with E-state index in [1.807, 2.05) is 0 Å². The number of ether oxygens (including phenoxy) is 2. The van der Waals surface area contributed by atoms with Gasteiger partial charge in [-0.15, -0.1) is 26.3 Å². The number of rotatable bonds is 4. The largest absolute Gasteiger partial charge is 0.573 e. The Morgan fingerprint density at radius 1 is 0.724 bits per heavy atom. The van der Waals surface area contributed by atoms with Crippen LogP contribution in [0.5, 0.6) is 11.5 Å². The third kappa shape index (κ3) is 5.53. The molecule has 2 aromatic carbocycles. The van der Waals surface area contributed by atoms with E-state index in [-0.39, 0.29) is 11.4 Å². The Morgan fingerprint density at radius 3 is 1.76 bits per heavy atom. The number of alkyl halides is 6. The third-order valence-electron chi connectivity index (χ3n) is 3.68. The molecule has 0 unspecified atom stereocenters. The highest BCUT2D eigenvalue weighted by Crippen LogP contribution is 2.33. The standard InChI is InChI=1S/C19H12F6N2O2/c20-18(21,22)28-13-5-1-3-11(7-13)15-10-27-17(9-16(15)26)12-4-2-6-14(8-12)29-19(23,24)25/h1-10H,(H2,26,27). The Morgan fingerprint density at radius 2 is 1.24 bits per heavy atom. The maximum atomic E-state index is 12.4. The zero-order valence-corrected chi connectivity index (χ0v) is 14.4. The van der Waals surface area contributed by atoms with Crippen molar-refractivity contribution in [1.82, 2.24) is 4.98 Å². The summed E-state index contributed by atoms with van der Waals surface area (Å²) in [5.74, 6) is -0.841. The van der Waals surface area contributed by atoms with E-state index >= 15 is 0 Å². The molecule has 3 rings (SSSR count). The second kappa shape index (κ2) is 7.53. The maximum Gasteiger partial charge on any atom is 0.573 e. The summed E-state index contributed by atoms with van der Waals surface area (Å²) in [6, 6.07) is 11.7. The average Bonchev–Trinajstić information content (AvgIpc) is 2.59. The molecule has 0 spiro atoms. The molecule has 0 saturated carbocycles. The van der Waals surface area contributed by atoms with Gasteiger partial charge in [-0.1, -0.05) is 24.3 Å². The first kappa shape index (κ1) is 20.3. The number of halogens is 6. The number of anilines is 1. The molecule has 0 bridgehead atoms. The minimum absolute atomic E-state index is 0.168. The molecule has 1 aromatic heterocycles. The Hall–Kier alpha value is -3.43. The van der Waals surface area contributed by atoms with Crippen molar-refractivity contribution < 1.29 is 35.8 Å². The zero-order valence-electron chi connectivity index (χ0n) is 14.4. The molecule has 29 heavy (non-hydrogen) atoms. The van der Waals surface area contributed by atoms with Gasteiger partial charge in [-0.2, -0.15) is 0 Å². The first-order chi connectivity index (χ1) is 13.5. The molecule has 0 aliphatic heterocycles. The topological polar surface area (TPSA) is 57.4 Å². The van der Waals surface area contributed by atoms with Crippen molar-refractivity contribution in [1.29, 1.82) is 0 Å². The van der Waals surface area contributed by atoms with E-state index in [1.54, 1.807) is 0 Å². The van der Waals surface area contributed by atoms with Gasteiger partial charge in [-0.05, 0) is 35.9 Å². The van der Waals surface area contributed by atoms with Gasteiger partial charge in [0.25, 0.3) is 0 Å². The molecule has 2 N–H and O–H groups in total. The van der Waals surface area contributed by atoms with Crippen molar-refractivity contribution >= 4 is 5.69 Å². The molecule has 152 valence electrons. The fourth-order valence-electron chi connectivity index (χ4n) is 2.58. The van der Waals surface area contributed by atoms with Gasteiger partial charge in [0.2, 0.25) is 0 Å². The van der Waals surface area contributed by atoms with E-state index in [2.05, 4.69) is 14.5 Å². The SMILES string of the molecule is Nc1cc(-c2cccc(OC(F)(F)F)c2)ncc1-c1cccc(OC(F)(F)F)c1. The molecule has 0 aliphatic rings. The predicted octanol–water partition coefficient (Wildman–Crippen LogP) is 5.80. The van der Waals surface area contributed by atoms with E-state index in [0.29, 0.717) is 16.7 Å². The molecule has 0 aliphatic carbocycles. The van der Waals surface area contributed by atoms with Crippen LogP contribution in [-0.4, -0.2) is 17.7 Å². The van der Waals surface area contributed by atoms with Crippen LogP contribution in [0, 0.1) is 0 Å². The highest BCUT2D eigenvalue weighted by molar-refractivity contribution is 5.79. The highest BCUT2D eigenvalue weighted by Gasteiger charge is 2.32. The summed E-state index contributed by atoms with van der Waals surface area (Å²) >= 11 is 0. The predicted molar refractivity (Wildman–Crippen MR) is 92.9 cm³/mol. The Kier molecular flexibility index (Phi) is 5.27. The summed E-state index contributed by atoms with van der Waals surface area (Å²) in [7, 11) is 0. The first-order valence-electron chi connectivity index (χ1n) is 7.98. The molecule has 0 atom stereocenters. The van der Waals surface area contributed by atoms with Crippen molar-refractivity contribution in [3.8, 4) is 33.9 Å². The molecule has 3 aromatic rings. The van der Waals surface area contributed by atoms with Gasteiger partial charge < -0.3 is 15.2 Å². The quantitative estimate of drug-likeness (QED) is 0.549. The fourth-order valence-corrected chi connectivity index (χ4v) is 2.58. The molecule has 0 fully saturated rings. The lowest BCUT2D eigenvalue weighted by atomic mass is 10.0. The minimum Gasteiger partial charge on any atom is -0.406 e. The molecule has 1 heterocycles. The number of pyridine rings is 1. The summed E-state index contributed by atoms with van der Waals surface area (Å²) in [4.78, 5) is 4.15. The highest BCUT2D eigenvalue weighted by atomic mass is 19.4. The van der Waals surface area contributed by atoms with Crippen molar-refractivity contribution in [2.75, 3.05) is 5.73 Å². The van der Waals surface area contributed by atoms with Crippen LogP contribution in [0.4, 0.5) is 32.0 Å². The van der Waals surface area contributed by atoms with Gasteiger partial charge >= 0.3 is 12.7 Å². The molecular formula is C19H12F6N2O2. The third-order valence-corrected chi connectivity index (χ3v) is 3.68. The van der Waals surface area contributed by atoms with Crippen LogP contribution in [0.3, 0.4) is 0 Å². The van der Waals surface area contributed by atoms with Crippen molar-refractivity contribution in [2.24, 2.45) is 0 Å². The van der Waals surface area contributed by atoms with Gasteiger partial charge in [-0.25, -0.2) is 0 Å². The summed E-state index contributed by atoms with van der Waals surface area (Å²) < 4.78 is 82.1. The van der Waals surface area contributed by atoms with Crippen LogP contribution in [-0.2, 0) is 0 Å². The normalized spacial score (nSPS) is 11.9. The van der Waals surface area contributed by atoms with Crippen LogP contribution < -0.4 is 15.2 Å². The summed E-state index contributed by atoms with van der Waals surface area (Å²) in [5, 5.41) is 0. The van der Waals surface area contributed by atoms with Crippen molar-refractivity contribution in [3.63, 3.8) is 0 Å². The lowest BCUT2D eigenvalue weighted by Gasteiger charge is -2.12. The number of nitrogens with zero attached hydrogens (tertiary/aromatic N) is 1. The number of aromatic nitrogens is 1. The Labute approximate surface area is 160 Å². The van der Waals surface area contributed by atoms with Crippen LogP contribution in [0.1, 0.15) is 0 Å². The fraction of sp³-hybridized carbons (Fsp3) is 0.105. The summed E-state index contributed by atoms with van der Waals surface area (Å²) in [6.45, 7) is 0. The molecule has 4 nitrogen and oxygen atoms in total. The maximum absolute atomic E-state index is 12.4. The van der Waals surface area contributed by atoms with E-state index in [4.69, 9.17) is 5.73 Å². The second-order valence-corrected chi connectivity index (χ2v) is 5.81. The number of benzene rings is 2. The van der Waals surface area contributed by atoms with E-state index in [1.165, 1.54) is 36.5 Å². The smallest absolute Gasteiger partial charge is 0.406 e. The Bertz CT molecular complexity index is 1020.